The van der Waals surface area contributed by atoms with Crippen LogP contribution >= 0.6 is 0 Å². The normalized spacial score (nSPS) is 12.9. The number of allylic oxidation sites excluding steroid dienone is 2. The minimum Gasteiger partial charge on any atom is -0.467 e. The molecule has 3 heteroatoms. The van der Waals surface area contributed by atoms with Crippen molar-refractivity contribution in [1.29, 1.82) is 0 Å². The molecule has 92 valence electrons. The first-order chi connectivity index (χ1) is 7.60. The molecule has 0 atom stereocenters. The highest BCUT2D eigenvalue weighted by molar-refractivity contribution is 6.53. The summed E-state index contributed by atoms with van der Waals surface area (Å²) < 4.78 is 2.58. The SMILES string of the molecule is CCN=C(/C=C(/CC)[N](CC)[Al]([CH3])[CH3])CC. The molecule has 0 bridgehead atoms. The first kappa shape index (κ1) is 15.7. The molecule has 0 radical (unpaired) electrons. The van der Waals surface area contributed by atoms with Gasteiger partial charge in [-0.1, -0.05) is 25.4 Å². The predicted molar refractivity (Wildman–Crippen MR) is 76.5 cm³/mol. The summed E-state index contributed by atoms with van der Waals surface area (Å²) in [5.74, 6) is 4.77. The Morgan fingerprint density at radius 3 is 2.06 bits per heavy atom. The van der Waals surface area contributed by atoms with Crippen molar-refractivity contribution < 1.29 is 0 Å². The van der Waals surface area contributed by atoms with Crippen LogP contribution in [-0.2, 0) is 0 Å². The summed E-state index contributed by atoms with van der Waals surface area (Å²) in [5.41, 5.74) is 2.71. The van der Waals surface area contributed by atoms with E-state index in [0.29, 0.717) is 0 Å². The molecule has 0 aliphatic carbocycles. The lowest BCUT2D eigenvalue weighted by molar-refractivity contribution is 0.542. The molecule has 0 aromatic rings. The Kier molecular flexibility index (Phi) is 8.70. The van der Waals surface area contributed by atoms with Crippen molar-refractivity contribution in [3.63, 3.8) is 0 Å². The smallest absolute Gasteiger partial charge is 0.407 e. The average Bonchev–Trinajstić information content (AvgIpc) is 2.26. The minimum atomic E-state index is -0.741. The second-order valence-electron chi connectivity index (χ2n) is 4.19. The van der Waals surface area contributed by atoms with Gasteiger partial charge in [-0.2, -0.15) is 0 Å². The van der Waals surface area contributed by atoms with Gasteiger partial charge in [-0.3, -0.25) is 4.99 Å². The van der Waals surface area contributed by atoms with Gasteiger partial charge in [0.1, 0.15) is 0 Å². The first-order valence-corrected chi connectivity index (χ1v) is 9.43. The second kappa shape index (κ2) is 8.84. The van der Waals surface area contributed by atoms with Crippen LogP contribution in [0.1, 0.15) is 40.5 Å². The van der Waals surface area contributed by atoms with E-state index in [4.69, 9.17) is 0 Å². The molecular formula is C13H27AlN2. The van der Waals surface area contributed by atoms with Gasteiger partial charge < -0.3 is 3.88 Å². The zero-order chi connectivity index (χ0) is 12.6. The van der Waals surface area contributed by atoms with Crippen LogP contribution in [0, 0.1) is 0 Å². The van der Waals surface area contributed by atoms with Gasteiger partial charge in [-0.15, -0.1) is 0 Å². The zero-order valence-electron chi connectivity index (χ0n) is 11.9. The first-order valence-electron chi connectivity index (χ1n) is 6.61. The van der Waals surface area contributed by atoms with Crippen molar-refractivity contribution in [2.45, 2.75) is 52.1 Å². The van der Waals surface area contributed by atoms with Crippen LogP contribution in [0.5, 0.6) is 0 Å². The molecule has 0 heterocycles. The predicted octanol–water partition coefficient (Wildman–Crippen LogP) is 3.72. The lowest BCUT2D eigenvalue weighted by atomic mass is 10.2. The maximum atomic E-state index is 4.54. The second-order valence-corrected chi connectivity index (χ2v) is 7.00. The van der Waals surface area contributed by atoms with Gasteiger partial charge in [-0.25, -0.2) is 0 Å². The Bertz CT molecular complexity index is 244. The Labute approximate surface area is 106 Å². The van der Waals surface area contributed by atoms with Crippen LogP contribution in [-0.4, -0.2) is 37.1 Å². The molecular weight excluding hydrogens is 211 g/mol. The van der Waals surface area contributed by atoms with Crippen LogP contribution in [0.25, 0.3) is 0 Å². The summed E-state index contributed by atoms with van der Waals surface area (Å²) in [5, 5.41) is 0. The third-order valence-corrected chi connectivity index (χ3v) is 4.70. The van der Waals surface area contributed by atoms with E-state index in [1.807, 2.05) is 0 Å². The Morgan fingerprint density at radius 1 is 1.12 bits per heavy atom. The van der Waals surface area contributed by atoms with Gasteiger partial charge in [0.25, 0.3) is 0 Å². The van der Waals surface area contributed by atoms with E-state index in [1.54, 1.807) is 0 Å². The van der Waals surface area contributed by atoms with Crippen LogP contribution in [0.4, 0.5) is 0 Å². The fourth-order valence-corrected chi connectivity index (χ4v) is 3.59. The Hall–Kier alpha value is -0.258. The molecule has 0 aliphatic heterocycles. The summed E-state index contributed by atoms with van der Waals surface area (Å²) in [6.45, 7) is 10.8. The Balaban J connectivity index is 4.93. The lowest BCUT2D eigenvalue weighted by Crippen LogP contribution is -2.33. The highest BCUT2D eigenvalue weighted by Crippen LogP contribution is 2.12. The highest BCUT2D eigenvalue weighted by atomic mass is 27.2. The molecule has 0 amide bonds. The van der Waals surface area contributed by atoms with Crippen LogP contribution in [0.15, 0.2) is 16.8 Å². The van der Waals surface area contributed by atoms with Crippen LogP contribution in [0.3, 0.4) is 0 Å². The summed E-state index contributed by atoms with van der Waals surface area (Å²) in [4.78, 5) is 4.54. The number of aliphatic imine (C=N–C) groups is 1. The molecule has 2 nitrogen and oxygen atoms in total. The van der Waals surface area contributed by atoms with Gasteiger partial charge in [0.05, 0.1) is 0 Å². The van der Waals surface area contributed by atoms with E-state index in [0.717, 1.165) is 25.9 Å². The van der Waals surface area contributed by atoms with Gasteiger partial charge in [0.2, 0.25) is 0 Å². The van der Waals surface area contributed by atoms with Crippen molar-refractivity contribution in [2.24, 2.45) is 4.99 Å². The number of rotatable bonds is 7. The van der Waals surface area contributed by atoms with Gasteiger partial charge in [-0.05, 0) is 45.0 Å². The van der Waals surface area contributed by atoms with Crippen LogP contribution < -0.4 is 0 Å². The van der Waals surface area contributed by atoms with Crippen molar-refractivity contribution in [3.8, 4) is 0 Å². The lowest BCUT2D eigenvalue weighted by Gasteiger charge is -2.28. The monoisotopic (exact) mass is 238 g/mol. The van der Waals surface area contributed by atoms with E-state index in [2.05, 4.69) is 54.2 Å². The molecule has 0 unspecified atom stereocenters. The van der Waals surface area contributed by atoms with Gasteiger partial charge in [0, 0.05) is 12.3 Å². The fourth-order valence-electron chi connectivity index (χ4n) is 1.94. The maximum absolute atomic E-state index is 4.54. The van der Waals surface area contributed by atoms with Crippen molar-refractivity contribution >= 4 is 20.1 Å². The maximum Gasteiger partial charge on any atom is 0.407 e. The Morgan fingerprint density at radius 2 is 1.75 bits per heavy atom. The molecule has 0 aromatic heterocycles. The fraction of sp³-hybridized carbons (Fsp3) is 0.769. The third kappa shape index (κ3) is 5.19. The van der Waals surface area contributed by atoms with Crippen molar-refractivity contribution in [3.05, 3.63) is 11.8 Å². The topological polar surface area (TPSA) is 15.6 Å². The zero-order valence-corrected chi connectivity index (χ0v) is 13.0. The van der Waals surface area contributed by atoms with Crippen LogP contribution in [0.2, 0.25) is 11.6 Å². The average molecular weight is 238 g/mol. The summed E-state index contributed by atoms with van der Waals surface area (Å²) in [7, 11) is 0. The third-order valence-electron chi connectivity index (χ3n) is 2.75. The van der Waals surface area contributed by atoms with E-state index in [1.165, 1.54) is 11.4 Å². The molecule has 0 aromatic carbocycles. The largest absolute Gasteiger partial charge is 0.467 e. The van der Waals surface area contributed by atoms with Gasteiger partial charge >= 0.3 is 14.4 Å². The number of hydrogen-bond acceptors (Lipinski definition) is 2. The molecule has 0 N–H and O–H groups in total. The quantitative estimate of drug-likeness (QED) is 0.487. The van der Waals surface area contributed by atoms with Gasteiger partial charge in [0.15, 0.2) is 0 Å². The molecule has 0 saturated carbocycles. The number of nitrogens with zero attached hydrogens (tertiary/aromatic N) is 2. The molecule has 16 heavy (non-hydrogen) atoms. The summed E-state index contributed by atoms with van der Waals surface area (Å²) in [6.07, 6.45) is 4.45. The highest BCUT2D eigenvalue weighted by Gasteiger charge is 2.15. The molecule has 0 rings (SSSR count). The molecule has 0 aliphatic rings. The summed E-state index contributed by atoms with van der Waals surface area (Å²) in [6, 6.07) is 0. The minimum absolute atomic E-state index is 0.741. The van der Waals surface area contributed by atoms with E-state index in [9.17, 15) is 0 Å². The van der Waals surface area contributed by atoms with Crippen molar-refractivity contribution in [1.82, 2.24) is 3.88 Å². The standard InChI is InChI=1S/C11H21N2.2CH3.Al/c1-5-10(12-7-3)9-11(6-2)13-8-4;;;/h9H,5-8H2,1-4H3;2*1H3;/q-1;;;+1/b10-9-,13-11?;;;. The van der Waals surface area contributed by atoms with E-state index in [-0.39, 0.29) is 0 Å². The molecule has 0 spiro atoms. The summed E-state index contributed by atoms with van der Waals surface area (Å²) >= 11 is -0.741. The molecule has 0 saturated heterocycles. The number of hydrogen-bond donors (Lipinski definition) is 0. The van der Waals surface area contributed by atoms with E-state index >= 15 is 0 Å². The molecule has 0 fully saturated rings. The van der Waals surface area contributed by atoms with Crippen molar-refractivity contribution in [2.75, 3.05) is 13.1 Å². The van der Waals surface area contributed by atoms with E-state index < -0.39 is 14.4 Å².